The number of ether oxygens (including phenoxy) is 1. The van der Waals surface area contributed by atoms with Gasteiger partial charge in [-0.3, -0.25) is 0 Å². The Morgan fingerprint density at radius 3 is 2.91 bits per heavy atom. The minimum absolute atomic E-state index is 0.664. The summed E-state index contributed by atoms with van der Waals surface area (Å²) < 4.78 is 5.72. The van der Waals surface area contributed by atoms with Gasteiger partial charge in [0.2, 0.25) is 0 Å². The number of aromatic nitrogens is 1. The molecule has 0 fully saturated rings. The van der Waals surface area contributed by atoms with Gasteiger partial charge in [0.05, 0.1) is 0 Å². The van der Waals surface area contributed by atoms with Crippen LogP contribution in [0, 0.1) is 0 Å². The van der Waals surface area contributed by atoms with Gasteiger partial charge in [-0.2, -0.15) is 0 Å². The molecule has 2 N–H and O–H groups in total. The van der Waals surface area contributed by atoms with Crippen LogP contribution in [0.25, 0.3) is 17.0 Å². The maximum absolute atomic E-state index is 5.72. The number of rotatable bonds is 5. The maximum Gasteiger partial charge on any atom is 0.127 e. The SMILES string of the molecule is C1=Cc2c(ccc3[nH]cc(CCNCc4ccccc4)c23)OC1. The summed E-state index contributed by atoms with van der Waals surface area (Å²) in [5.74, 6) is 0.984. The Kier molecular flexibility index (Phi) is 3.86. The van der Waals surface area contributed by atoms with E-state index in [-0.39, 0.29) is 0 Å². The lowest BCUT2D eigenvalue weighted by Gasteiger charge is -2.14. The molecule has 3 aromatic rings. The molecule has 1 aliphatic rings. The fourth-order valence-electron chi connectivity index (χ4n) is 3.15. The van der Waals surface area contributed by atoms with Gasteiger partial charge >= 0.3 is 0 Å². The highest BCUT2D eigenvalue weighted by Gasteiger charge is 2.13. The van der Waals surface area contributed by atoms with Gasteiger partial charge in [0, 0.05) is 29.2 Å². The van der Waals surface area contributed by atoms with Gasteiger partial charge in [-0.15, -0.1) is 0 Å². The number of H-pyrrole nitrogens is 1. The van der Waals surface area contributed by atoms with Gasteiger partial charge in [-0.25, -0.2) is 0 Å². The van der Waals surface area contributed by atoms with Crippen molar-refractivity contribution in [2.45, 2.75) is 13.0 Å². The fourth-order valence-corrected chi connectivity index (χ4v) is 3.15. The molecule has 0 saturated heterocycles. The fraction of sp³-hybridized carbons (Fsp3) is 0.200. The highest BCUT2D eigenvalue weighted by atomic mass is 16.5. The van der Waals surface area contributed by atoms with Crippen LogP contribution >= 0.6 is 0 Å². The largest absolute Gasteiger partial charge is 0.489 e. The number of benzene rings is 2. The second-order valence-corrected chi connectivity index (χ2v) is 5.84. The first-order valence-corrected chi connectivity index (χ1v) is 8.09. The maximum atomic E-state index is 5.72. The normalized spacial score (nSPS) is 13.0. The topological polar surface area (TPSA) is 37.0 Å². The third kappa shape index (κ3) is 2.88. The van der Waals surface area contributed by atoms with Crippen molar-refractivity contribution in [3.05, 3.63) is 71.4 Å². The second kappa shape index (κ2) is 6.31. The van der Waals surface area contributed by atoms with Gasteiger partial charge in [0.25, 0.3) is 0 Å². The van der Waals surface area contributed by atoms with Crippen LogP contribution in [-0.2, 0) is 13.0 Å². The first-order chi connectivity index (χ1) is 11.4. The molecule has 0 atom stereocenters. The van der Waals surface area contributed by atoms with E-state index < -0.39 is 0 Å². The molecule has 116 valence electrons. The Bertz CT molecular complexity index is 833. The van der Waals surface area contributed by atoms with Crippen molar-refractivity contribution < 1.29 is 4.74 Å². The summed E-state index contributed by atoms with van der Waals surface area (Å²) in [5.41, 5.74) is 5.04. The molecule has 0 amide bonds. The number of hydrogen-bond acceptors (Lipinski definition) is 2. The lowest BCUT2D eigenvalue weighted by atomic mass is 10.0. The molecule has 1 aliphatic heterocycles. The van der Waals surface area contributed by atoms with Crippen molar-refractivity contribution in [1.82, 2.24) is 10.3 Å². The van der Waals surface area contributed by atoms with E-state index >= 15 is 0 Å². The zero-order chi connectivity index (χ0) is 15.5. The van der Waals surface area contributed by atoms with E-state index in [0.29, 0.717) is 6.61 Å². The van der Waals surface area contributed by atoms with Crippen molar-refractivity contribution in [1.29, 1.82) is 0 Å². The summed E-state index contributed by atoms with van der Waals surface area (Å²) in [6.07, 6.45) is 7.37. The number of hydrogen-bond donors (Lipinski definition) is 2. The zero-order valence-corrected chi connectivity index (χ0v) is 13.0. The van der Waals surface area contributed by atoms with Gasteiger partial charge in [-0.1, -0.05) is 36.4 Å². The number of fused-ring (bicyclic) bond motifs is 3. The first kappa shape index (κ1) is 14.1. The Labute approximate surface area is 136 Å². The van der Waals surface area contributed by atoms with Crippen molar-refractivity contribution in [2.75, 3.05) is 13.2 Å². The average Bonchev–Trinajstić information content (AvgIpc) is 3.03. The molecule has 3 nitrogen and oxygen atoms in total. The van der Waals surface area contributed by atoms with E-state index in [0.717, 1.165) is 25.3 Å². The minimum atomic E-state index is 0.664. The molecule has 0 unspecified atom stereocenters. The van der Waals surface area contributed by atoms with Gasteiger partial charge in [0.1, 0.15) is 12.4 Å². The Morgan fingerprint density at radius 1 is 1.09 bits per heavy atom. The highest BCUT2D eigenvalue weighted by Crippen LogP contribution is 2.33. The molecule has 3 heteroatoms. The Hall–Kier alpha value is -2.52. The minimum Gasteiger partial charge on any atom is -0.489 e. The van der Waals surface area contributed by atoms with Crippen LogP contribution < -0.4 is 10.1 Å². The summed E-state index contributed by atoms with van der Waals surface area (Å²) >= 11 is 0. The Morgan fingerprint density at radius 2 is 2.00 bits per heavy atom. The standard InChI is InChI=1S/C20H20N2O/c1-2-5-15(6-3-1)13-21-11-10-16-14-22-18-8-9-19-17(20(16)18)7-4-12-23-19/h1-9,14,21-22H,10-13H2. The smallest absolute Gasteiger partial charge is 0.127 e. The van der Waals surface area contributed by atoms with Crippen molar-refractivity contribution in [3.63, 3.8) is 0 Å². The highest BCUT2D eigenvalue weighted by molar-refractivity contribution is 5.94. The molecule has 0 saturated carbocycles. The van der Waals surface area contributed by atoms with E-state index in [1.807, 2.05) is 6.07 Å². The predicted molar refractivity (Wildman–Crippen MR) is 94.7 cm³/mol. The van der Waals surface area contributed by atoms with E-state index in [1.165, 1.54) is 27.6 Å². The molecule has 0 bridgehead atoms. The summed E-state index contributed by atoms with van der Waals surface area (Å²) in [6.45, 7) is 2.53. The first-order valence-electron chi connectivity index (χ1n) is 8.09. The lowest BCUT2D eigenvalue weighted by molar-refractivity contribution is 0.359. The van der Waals surface area contributed by atoms with Gasteiger partial charge < -0.3 is 15.0 Å². The number of aromatic amines is 1. The van der Waals surface area contributed by atoms with E-state index in [2.05, 4.69) is 65.0 Å². The number of nitrogens with one attached hydrogen (secondary N) is 2. The van der Waals surface area contributed by atoms with Gasteiger partial charge in [-0.05, 0) is 42.3 Å². The lowest BCUT2D eigenvalue weighted by Crippen LogP contribution is -2.16. The average molecular weight is 304 g/mol. The summed E-state index contributed by atoms with van der Waals surface area (Å²) in [6, 6.07) is 14.7. The van der Waals surface area contributed by atoms with Crippen molar-refractivity contribution >= 4 is 17.0 Å². The molecule has 1 aromatic heterocycles. The monoisotopic (exact) mass is 304 g/mol. The van der Waals surface area contributed by atoms with Crippen LogP contribution in [-0.4, -0.2) is 18.1 Å². The van der Waals surface area contributed by atoms with Crippen LogP contribution in [0.4, 0.5) is 0 Å². The van der Waals surface area contributed by atoms with E-state index in [9.17, 15) is 0 Å². The van der Waals surface area contributed by atoms with Crippen LogP contribution in [0.3, 0.4) is 0 Å². The zero-order valence-electron chi connectivity index (χ0n) is 13.0. The molecule has 0 radical (unpaired) electrons. The molecule has 0 aliphatic carbocycles. The molecule has 23 heavy (non-hydrogen) atoms. The second-order valence-electron chi connectivity index (χ2n) is 5.84. The van der Waals surface area contributed by atoms with Crippen LogP contribution in [0.15, 0.2) is 54.7 Å². The van der Waals surface area contributed by atoms with Gasteiger partial charge in [0.15, 0.2) is 0 Å². The van der Waals surface area contributed by atoms with Crippen molar-refractivity contribution in [3.8, 4) is 5.75 Å². The Balaban J connectivity index is 1.48. The summed E-state index contributed by atoms with van der Waals surface area (Å²) in [4.78, 5) is 3.38. The van der Waals surface area contributed by atoms with E-state index in [1.54, 1.807) is 0 Å². The molecular formula is C20H20N2O. The third-order valence-electron chi connectivity index (χ3n) is 4.29. The predicted octanol–water partition coefficient (Wildman–Crippen LogP) is 3.91. The molecule has 2 heterocycles. The summed E-state index contributed by atoms with van der Waals surface area (Å²) in [7, 11) is 0. The van der Waals surface area contributed by atoms with Crippen LogP contribution in [0.5, 0.6) is 5.75 Å². The van der Waals surface area contributed by atoms with Crippen molar-refractivity contribution in [2.24, 2.45) is 0 Å². The molecule has 2 aromatic carbocycles. The molecule has 0 spiro atoms. The van der Waals surface area contributed by atoms with E-state index in [4.69, 9.17) is 4.74 Å². The quantitative estimate of drug-likeness (QED) is 0.701. The van der Waals surface area contributed by atoms with Crippen LogP contribution in [0.2, 0.25) is 0 Å². The molecular weight excluding hydrogens is 284 g/mol. The third-order valence-corrected chi connectivity index (χ3v) is 4.29. The van der Waals surface area contributed by atoms with Crippen LogP contribution in [0.1, 0.15) is 16.7 Å². The summed E-state index contributed by atoms with van der Waals surface area (Å²) in [5, 5.41) is 4.81. The molecule has 4 rings (SSSR count).